The molecule has 1 N–H and O–H groups in total. The Bertz CT molecular complexity index is 1380. The second-order valence-corrected chi connectivity index (χ2v) is 10.0. The van der Waals surface area contributed by atoms with Crippen molar-refractivity contribution in [1.82, 2.24) is 9.78 Å². The molecule has 4 rings (SSSR count). The molecule has 0 saturated heterocycles. The third-order valence-corrected chi connectivity index (χ3v) is 7.73. The number of aromatic nitrogens is 2. The highest BCUT2D eigenvalue weighted by atomic mass is 32.2. The largest absolute Gasteiger partial charge is 0.495 e. The average molecular weight is 468 g/mol. The molecule has 8 heteroatoms. The van der Waals surface area contributed by atoms with Crippen LogP contribution in [0.5, 0.6) is 5.75 Å². The minimum absolute atomic E-state index is 0.0315. The van der Waals surface area contributed by atoms with Crippen molar-refractivity contribution in [2.24, 2.45) is 0 Å². The zero-order valence-electron chi connectivity index (χ0n) is 19.4. The Hall–Kier alpha value is -3.13. The Morgan fingerprint density at radius 3 is 2.52 bits per heavy atom. The number of fused-ring (bicyclic) bond motifs is 1. The summed E-state index contributed by atoms with van der Waals surface area (Å²) in [6.45, 7) is 6.15. The van der Waals surface area contributed by atoms with Gasteiger partial charge in [-0.05, 0) is 87.4 Å². The second kappa shape index (κ2) is 9.02. The molecule has 0 radical (unpaired) electrons. The molecule has 0 amide bonds. The molecule has 1 aliphatic carbocycles. The first-order valence-corrected chi connectivity index (χ1v) is 12.7. The van der Waals surface area contributed by atoms with Gasteiger partial charge in [0.25, 0.3) is 15.6 Å². The summed E-state index contributed by atoms with van der Waals surface area (Å²) in [6.07, 6.45) is 3.43. The molecule has 33 heavy (non-hydrogen) atoms. The van der Waals surface area contributed by atoms with Crippen LogP contribution in [0.2, 0.25) is 0 Å². The molecule has 0 spiro atoms. The Balaban J connectivity index is 1.86. The van der Waals surface area contributed by atoms with E-state index in [-0.39, 0.29) is 16.2 Å². The van der Waals surface area contributed by atoms with Crippen LogP contribution >= 0.6 is 0 Å². The molecular formula is C25H29N3O4S. The lowest BCUT2D eigenvalue weighted by molar-refractivity contribution is 0.403. The molecule has 0 unspecified atom stereocenters. The molecule has 0 atom stereocenters. The Labute approximate surface area is 194 Å². The first-order valence-electron chi connectivity index (χ1n) is 11.2. The number of anilines is 1. The predicted octanol–water partition coefficient (Wildman–Crippen LogP) is 4.24. The molecule has 1 aromatic heterocycles. The molecule has 7 nitrogen and oxygen atoms in total. The zero-order valence-corrected chi connectivity index (χ0v) is 20.3. The minimum atomic E-state index is -3.94. The lowest BCUT2D eigenvalue weighted by Gasteiger charge is -2.21. The van der Waals surface area contributed by atoms with Crippen molar-refractivity contribution < 1.29 is 13.2 Å². The fraction of sp³-hybridized carbons (Fsp3) is 0.360. The van der Waals surface area contributed by atoms with Crippen molar-refractivity contribution in [2.75, 3.05) is 11.8 Å². The van der Waals surface area contributed by atoms with Crippen LogP contribution in [0.1, 0.15) is 42.0 Å². The maximum Gasteiger partial charge on any atom is 0.270 e. The topological polar surface area (TPSA) is 90.3 Å². The van der Waals surface area contributed by atoms with Crippen LogP contribution in [0.25, 0.3) is 11.3 Å². The van der Waals surface area contributed by atoms with E-state index in [0.717, 1.165) is 47.9 Å². The minimum Gasteiger partial charge on any atom is -0.495 e. The fourth-order valence-electron chi connectivity index (χ4n) is 4.33. The van der Waals surface area contributed by atoms with E-state index < -0.39 is 10.0 Å². The van der Waals surface area contributed by atoms with Gasteiger partial charge in [0.15, 0.2) is 0 Å². The van der Waals surface area contributed by atoms with Gasteiger partial charge in [-0.1, -0.05) is 12.1 Å². The highest BCUT2D eigenvalue weighted by molar-refractivity contribution is 7.92. The Morgan fingerprint density at radius 2 is 1.82 bits per heavy atom. The molecule has 0 fully saturated rings. The number of methoxy groups -OCH3 is 1. The number of ether oxygens (including phenoxy) is 1. The molecule has 174 valence electrons. The summed E-state index contributed by atoms with van der Waals surface area (Å²) in [5, 5.41) is 4.61. The molecule has 2 aromatic carbocycles. The first kappa shape index (κ1) is 23.0. The van der Waals surface area contributed by atoms with Gasteiger partial charge in [-0.15, -0.1) is 0 Å². The number of nitrogens with one attached hydrogen (secondary N) is 1. The van der Waals surface area contributed by atoms with Crippen molar-refractivity contribution in [3.63, 3.8) is 0 Å². The Morgan fingerprint density at radius 1 is 1.09 bits per heavy atom. The van der Waals surface area contributed by atoms with Gasteiger partial charge in [0, 0.05) is 17.7 Å². The van der Waals surface area contributed by atoms with Crippen LogP contribution in [0.4, 0.5) is 5.69 Å². The van der Waals surface area contributed by atoms with Crippen molar-refractivity contribution in [1.29, 1.82) is 0 Å². The first-order chi connectivity index (χ1) is 15.8. The van der Waals surface area contributed by atoms with Gasteiger partial charge in [0.05, 0.1) is 18.5 Å². The van der Waals surface area contributed by atoms with Crippen LogP contribution < -0.4 is 15.0 Å². The van der Waals surface area contributed by atoms with E-state index in [2.05, 4.69) is 9.82 Å². The average Bonchev–Trinajstić information content (AvgIpc) is 2.82. The molecule has 0 saturated carbocycles. The summed E-state index contributed by atoms with van der Waals surface area (Å²) in [4.78, 5) is 12.8. The van der Waals surface area contributed by atoms with Gasteiger partial charge < -0.3 is 4.74 Å². The van der Waals surface area contributed by atoms with Gasteiger partial charge in [0.2, 0.25) is 0 Å². The van der Waals surface area contributed by atoms with E-state index in [1.165, 1.54) is 11.8 Å². The summed E-state index contributed by atoms with van der Waals surface area (Å²) in [6, 6.07) is 10.5. The zero-order chi connectivity index (χ0) is 23.8. The van der Waals surface area contributed by atoms with E-state index in [0.29, 0.717) is 23.5 Å². The summed E-state index contributed by atoms with van der Waals surface area (Å²) in [5.74, 6) is 0.245. The fourth-order valence-corrected chi connectivity index (χ4v) is 5.65. The maximum absolute atomic E-state index is 13.4. The highest BCUT2D eigenvalue weighted by Crippen LogP contribution is 2.34. The molecule has 1 heterocycles. The predicted molar refractivity (Wildman–Crippen MR) is 130 cm³/mol. The van der Waals surface area contributed by atoms with Crippen molar-refractivity contribution >= 4 is 15.7 Å². The Kier molecular flexibility index (Phi) is 6.30. The standard InChI is InChI=1S/C25H29N3O4S/c1-5-28-25(29)20-11-7-6-10-19(20)24(26-28)18-13-14-22(32-4)23(15-18)33(30,31)27-21-12-8-9-16(2)17(21)3/h8-9,12-15,27H,5-7,10-11H2,1-4H3. The van der Waals surface area contributed by atoms with E-state index >= 15 is 0 Å². The van der Waals surface area contributed by atoms with Crippen LogP contribution in [-0.2, 0) is 29.4 Å². The number of nitrogens with zero attached hydrogens (tertiary/aromatic N) is 2. The third-order valence-electron chi connectivity index (χ3n) is 6.34. The third kappa shape index (κ3) is 4.27. The van der Waals surface area contributed by atoms with Gasteiger partial charge >= 0.3 is 0 Å². The highest BCUT2D eigenvalue weighted by Gasteiger charge is 2.25. The van der Waals surface area contributed by atoms with Gasteiger partial charge in [-0.2, -0.15) is 5.10 Å². The SMILES string of the molecule is CCn1nc(-c2ccc(OC)c(S(=O)(=O)Nc3cccc(C)c3C)c2)c2c(c1=O)CCCC2. The van der Waals surface area contributed by atoms with Gasteiger partial charge in [0.1, 0.15) is 10.6 Å². The monoisotopic (exact) mass is 467 g/mol. The number of hydrogen-bond donors (Lipinski definition) is 1. The number of rotatable bonds is 6. The molecule has 3 aromatic rings. The number of hydrogen-bond acceptors (Lipinski definition) is 5. The van der Waals surface area contributed by atoms with Gasteiger partial charge in [-0.25, -0.2) is 13.1 Å². The normalized spacial score (nSPS) is 13.5. The van der Waals surface area contributed by atoms with E-state index in [1.807, 2.05) is 32.9 Å². The van der Waals surface area contributed by atoms with Crippen LogP contribution in [-0.4, -0.2) is 25.3 Å². The van der Waals surface area contributed by atoms with Crippen LogP contribution in [0.3, 0.4) is 0 Å². The van der Waals surface area contributed by atoms with Gasteiger partial charge in [-0.3, -0.25) is 9.52 Å². The summed E-state index contributed by atoms with van der Waals surface area (Å²) in [7, 11) is -2.49. The number of sulfonamides is 1. The van der Waals surface area contributed by atoms with E-state index in [4.69, 9.17) is 4.74 Å². The summed E-state index contributed by atoms with van der Waals surface area (Å²) >= 11 is 0. The van der Waals surface area contributed by atoms with Crippen LogP contribution in [0.15, 0.2) is 46.1 Å². The van der Waals surface area contributed by atoms with E-state index in [9.17, 15) is 13.2 Å². The van der Waals surface area contributed by atoms with Crippen molar-refractivity contribution in [2.45, 2.75) is 57.9 Å². The van der Waals surface area contributed by atoms with E-state index in [1.54, 1.807) is 24.3 Å². The molecule has 0 aliphatic heterocycles. The maximum atomic E-state index is 13.4. The number of benzene rings is 2. The molecular weight excluding hydrogens is 438 g/mol. The lowest BCUT2D eigenvalue weighted by Crippen LogP contribution is -2.30. The number of aryl methyl sites for hydroxylation is 2. The van der Waals surface area contributed by atoms with Crippen molar-refractivity contribution in [3.05, 3.63) is 69.0 Å². The quantitative estimate of drug-likeness (QED) is 0.586. The van der Waals surface area contributed by atoms with Crippen molar-refractivity contribution in [3.8, 4) is 17.0 Å². The molecule has 1 aliphatic rings. The lowest BCUT2D eigenvalue weighted by atomic mass is 9.90. The second-order valence-electron chi connectivity index (χ2n) is 8.35. The summed E-state index contributed by atoms with van der Waals surface area (Å²) < 4.78 is 36.4. The molecule has 0 bridgehead atoms. The smallest absolute Gasteiger partial charge is 0.270 e. The summed E-state index contributed by atoms with van der Waals surface area (Å²) in [5.41, 5.74) is 5.37. The van der Waals surface area contributed by atoms with Crippen LogP contribution in [0, 0.1) is 13.8 Å².